The van der Waals surface area contributed by atoms with Crippen molar-refractivity contribution in [2.24, 2.45) is 0 Å². The second-order valence-electron chi connectivity index (χ2n) is 2.94. The number of methoxy groups -OCH3 is 1. The molecule has 0 saturated carbocycles. The van der Waals surface area contributed by atoms with Crippen LogP contribution in [0.4, 0.5) is 10.5 Å². The highest BCUT2D eigenvalue weighted by molar-refractivity contribution is 5.96. The minimum atomic E-state index is -0.411. The Labute approximate surface area is 80.9 Å². The van der Waals surface area contributed by atoms with Gasteiger partial charge >= 0.3 is 6.09 Å². The highest BCUT2D eigenvalue weighted by Crippen LogP contribution is 2.21. The molecule has 0 radical (unpaired) electrons. The quantitative estimate of drug-likeness (QED) is 0.645. The summed E-state index contributed by atoms with van der Waals surface area (Å²) >= 11 is 0. The van der Waals surface area contributed by atoms with Gasteiger partial charge in [-0.15, -0.1) is 0 Å². The van der Waals surface area contributed by atoms with E-state index < -0.39 is 6.09 Å². The Morgan fingerprint density at radius 3 is 2.93 bits per heavy atom. The van der Waals surface area contributed by atoms with Crippen LogP contribution in [0.15, 0.2) is 30.5 Å². The summed E-state index contributed by atoms with van der Waals surface area (Å²) < 4.78 is 6.05. The summed E-state index contributed by atoms with van der Waals surface area (Å²) in [5.41, 5.74) is 7.16. The predicted octanol–water partition coefficient (Wildman–Crippen LogP) is 1.84. The lowest BCUT2D eigenvalue weighted by Crippen LogP contribution is -2.09. The Morgan fingerprint density at radius 1 is 1.43 bits per heavy atom. The van der Waals surface area contributed by atoms with Gasteiger partial charge in [0, 0.05) is 17.3 Å². The molecule has 0 aliphatic heterocycles. The van der Waals surface area contributed by atoms with E-state index in [0.717, 1.165) is 10.9 Å². The van der Waals surface area contributed by atoms with E-state index in [1.807, 2.05) is 6.07 Å². The van der Waals surface area contributed by atoms with Crippen molar-refractivity contribution in [1.29, 1.82) is 0 Å². The van der Waals surface area contributed by atoms with Crippen LogP contribution in [-0.4, -0.2) is 17.8 Å². The topological polar surface area (TPSA) is 57.2 Å². The number of fused-ring (bicyclic) bond motifs is 1. The molecule has 0 aliphatic rings. The van der Waals surface area contributed by atoms with E-state index in [2.05, 4.69) is 4.74 Å². The summed E-state index contributed by atoms with van der Waals surface area (Å²) in [5, 5.41) is 0.859. The number of nitrogen functional groups attached to an aromatic ring is 1. The van der Waals surface area contributed by atoms with Gasteiger partial charge in [0.05, 0.1) is 12.6 Å². The van der Waals surface area contributed by atoms with Gasteiger partial charge in [-0.3, -0.25) is 4.57 Å². The van der Waals surface area contributed by atoms with Crippen LogP contribution in [0.25, 0.3) is 10.9 Å². The van der Waals surface area contributed by atoms with E-state index in [4.69, 9.17) is 5.73 Å². The first-order valence-corrected chi connectivity index (χ1v) is 4.18. The van der Waals surface area contributed by atoms with Gasteiger partial charge in [-0.25, -0.2) is 4.79 Å². The molecule has 0 bridgehead atoms. The average molecular weight is 190 g/mol. The molecule has 4 nitrogen and oxygen atoms in total. The first-order valence-electron chi connectivity index (χ1n) is 4.18. The molecule has 0 saturated heterocycles. The van der Waals surface area contributed by atoms with E-state index in [-0.39, 0.29) is 0 Å². The van der Waals surface area contributed by atoms with Crippen molar-refractivity contribution in [3.05, 3.63) is 30.5 Å². The zero-order chi connectivity index (χ0) is 10.1. The molecular formula is C10H10N2O2. The van der Waals surface area contributed by atoms with Crippen molar-refractivity contribution in [1.82, 2.24) is 4.57 Å². The number of nitrogens with zero attached hydrogens (tertiary/aromatic N) is 1. The molecule has 1 aromatic heterocycles. The predicted molar refractivity (Wildman–Crippen MR) is 54.2 cm³/mol. The van der Waals surface area contributed by atoms with E-state index in [1.54, 1.807) is 24.4 Å². The summed E-state index contributed by atoms with van der Waals surface area (Å²) in [4.78, 5) is 11.3. The van der Waals surface area contributed by atoms with Crippen molar-refractivity contribution < 1.29 is 9.53 Å². The summed E-state index contributed by atoms with van der Waals surface area (Å²) in [6.45, 7) is 0. The Hall–Kier alpha value is -1.97. The maximum atomic E-state index is 11.3. The molecule has 0 spiro atoms. The molecule has 2 aromatic rings. The molecule has 2 rings (SSSR count). The number of carbonyl (C=O) groups is 1. The van der Waals surface area contributed by atoms with Gasteiger partial charge in [0.15, 0.2) is 0 Å². The van der Waals surface area contributed by atoms with Gasteiger partial charge in [-0.1, -0.05) is 6.07 Å². The lowest BCUT2D eigenvalue weighted by Gasteiger charge is -2.01. The molecule has 1 aromatic carbocycles. The van der Waals surface area contributed by atoms with E-state index in [1.165, 1.54) is 11.7 Å². The summed E-state index contributed by atoms with van der Waals surface area (Å²) in [6.07, 6.45) is 1.23. The van der Waals surface area contributed by atoms with Crippen molar-refractivity contribution in [3.63, 3.8) is 0 Å². The van der Waals surface area contributed by atoms with Crippen molar-refractivity contribution in [2.75, 3.05) is 12.8 Å². The zero-order valence-corrected chi connectivity index (χ0v) is 7.73. The van der Waals surface area contributed by atoms with Crippen molar-refractivity contribution in [3.8, 4) is 0 Å². The number of anilines is 1. The number of benzene rings is 1. The van der Waals surface area contributed by atoms with Gasteiger partial charge < -0.3 is 10.5 Å². The molecule has 0 amide bonds. The number of carbonyl (C=O) groups excluding carboxylic acids is 1. The second-order valence-corrected chi connectivity index (χ2v) is 2.94. The Bertz CT molecular complexity index is 488. The van der Waals surface area contributed by atoms with Crippen LogP contribution in [0.2, 0.25) is 0 Å². The van der Waals surface area contributed by atoms with Gasteiger partial charge in [-0.05, 0) is 18.2 Å². The van der Waals surface area contributed by atoms with Crippen LogP contribution >= 0.6 is 0 Å². The first-order chi connectivity index (χ1) is 6.74. The fourth-order valence-electron chi connectivity index (χ4n) is 1.45. The Morgan fingerprint density at radius 2 is 2.21 bits per heavy atom. The van der Waals surface area contributed by atoms with Gasteiger partial charge in [0.1, 0.15) is 0 Å². The fourth-order valence-corrected chi connectivity index (χ4v) is 1.45. The minimum Gasteiger partial charge on any atom is -0.452 e. The van der Waals surface area contributed by atoms with Crippen LogP contribution in [0.1, 0.15) is 0 Å². The highest BCUT2D eigenvalue weighted by Gasteiger charge is 2.08. The molecule has 72 valence electrons. The number of rotatable bonds is 0. The van der Waals surface area contributed by atoms with E-state index >= 15 is 0 Å². The van der Waals surface area contributed by atoms with E-state index in [9.17, 15) is 4.79 Å². The SMILES string of the molecule is COC(=O)n1ccc2c(N)cccc21. The third kappa shape index (κ3) is 1.12. The number of aromatic nitrogens is 1. The molecule has 14 heavy (non-hydrogen) atoms. The van der Waals surface area contributed by atoms with E-state index in [0.29, 0.717) is 5.69 Å². The maximum Gasteiger partial charge on any atom is 0.418 e. The molecule has 0 atom stereocenters. The molecule has 0 aliphatic carbocycles. The Balaban J connectivity index is 2.70. The molecule has 2 N–H and O–H groups in total. The second kappa shape index (κ2) is 3.06. The number of hydrogen-bond acceptors (Lipinski definition) is 3. The summed E-state index contributed by atoms with van der Waals surface area (Å²) in [5.74, 6) is 0. The molecule has 4 heteroatoms. The summed E-state index contributed by atoms with van der Waals surface area (Å²) in [7, 11) is 1.35. The van der Waals surface area contributed by atoms with Gasteiger partial charge in [0.25, 0.3) is 0 Å². The molecule has 1 heterocycles. The third-order valence-electron chi connectivity index (χ3n) is 2.14. The largest absolute Gasteiger partial charge is 0.452 e. The highest BCUT2D eigenvalue weighted by atomic mass is 16.5. The number of hydrogen-bond donors (Lipinski definition) is 1. The zero-order valence-electron chi connectivity index (χ0n) is 7.73. The maximum absolute atomic E-state index is 11.3. The number of nitrogens with two attached hydrogens (primary N) is 1. The van der Waals surface area contributed by atoms with Gasteiger partial charge in [0.2, 0.25) is 0 Å². The molecule has 0 fully saturated rings. The first kappa shape index (κ1) is 8.62. The van der Waals surface area contributed by atoms with Crippen LogP contribution < -0.4 is 5.73 Å². The van der Waals surface area contributed by atoms with Crippen molar-refractivity contribution in [2.45, 2.75) is 0 Å². The van der Waals surface area contributed by atoms with Crippen molar-refractivity contribution >= 4 is 22.7 Å². The Kier molecular flexibility index (Phi) is 1.89. The van der Waals surface area contributed by atoms with Crippen LogP contribution in [0.5, 0.6) is 0 Å². The monoisotopic (exact) mass is 190 g/mol. The van der Waals surface area contributed by atoms with Crippen LogP contribution in [0.3, 0.4) is 0 Å². The molecule has 0 unspecified atom stereocenters. The third-order valence-corrected chi connectivity index (χ3v) is 2.14. The smallest absolute Gasteiger partial charge is 0.418 e. The molecular weight excluding hydrogens is 180 g/mol. The normalized spacial score (nSPS) is 10.4. The lowest BCUT2D eigenvalue weighted by atomic mass is 10.2. The van der Waals surface area contributed by atoms with Gasteiger partial charge in [-0.2, -0.15) is 0 Å². The van der Waals surface area contributed by atoms with Crippen LogP contribution in [0, 0.1) is 0 Å². The average Bonchev–Trinajstić information content (AvgIpc) is 2.62. The van der Waals surface area contributed by atoms with Crippen LogP contribution in [-0.2, 0) is 4.74 Å². The summed E-state index contributed by atoms with van der Waals surface area (Å²) in [6, 6.07) is 7.21. The lowest BCUT2D eigenvalue weighted by molar-refractivity contribution is 0.174. The fraction of sp³-hybridized carbons (Fsp3) is 0.100. The minimum absolute atomic E-state index is 0.411. The number of ether oxygens (including phenoxy) is 1. The standard InChI is InChI=1S/C10H10N2O2/c1-14-10(13)12-6-5-7-8(11)3-2-4-9(7)12/h2-6H,11H2,1H3.